The fraction of sp³-hybridized carbons (Fsp3) is 0.467. The summed E-state index contributed by atoms with van der Waals surface area (Å²) >= 11 is 0. The Labute approximate surface area is 124 Å². The number of benzene rings is 1. The quantitative estimate of drug-likeness (QED) is 0.769. The minimum atomic E-state index is -0.308. The lowest BCUT2D eigenvalue weighted by Crippen LogP contribution is -2.35. The molecular formula is C15H21FN2O3. The molecule has 0 aromatic heterocycles. The van der Waals surface area contributed by atoms with Crippen molar-refractivity contribution < 1.29 is 18.7 Å². The van der Waals surface area contributed by atoms with E-state index in [0.29, 0.717) is 17.7 Å². The summed E-state index contributed by atoms with van der Waals surface area (Å²) in [5.74, 6) is -0.766. The lowest BCUT2D eigenvalue weighted by Gasteiger charge is -2.15. The molecule has 0 saturated carbocycles. The van der Waals surface area contributed by atoms with Crippen LogP contribution >= 0.6 is 0 Å². The average molecular weight is 296 g/mol. The molecule has 0 aliphatic carbocycles. The van der Waals surface area contributed by atoms with E-state index in [1.54, 1.807) is 31.0 Å². The van der Waals surface area contributed by atoms with Crippen LogP contribution in [0.25, 0.3) is 0 Å². The molecular weight excluding hydrogens is 275 g/mol. The van der Waals surface area contributed by atoms with Crippen molar-refractivity contribution in [3.63, 3.8) is 0 Å². The minimum Gasteiger partial charge on any atom is -0.469 e. The van der Waals surface area contributed by atoms with Crippen LogP contribution in [-0.4, -0.2) is 44.0 Å². The summed E-state index contributed by atoms with van der Waals surface area (Å²) in [5.41, 5.74) is 1.29. The zero-order chi connectivity index (χ0) is 15.8. The van der Waals surface area contributed by atoms with Crippen molar-refractivity contribution in [2.75, 3.05) is 27.2 Å². The van der Waals surface area contributed by atoms with Gasteiger partial charge in [0.1, 0.15) is 5.82 Å². The number of nitrogens with zero attached hydrogens (tertiary/aromatic N) is 1. The fourth-order valence-electron chi connectivity index (χ4n) is 1.71. The third kappa shape index (κ3) is 6.35. The van der Waals surface area contributed by atoms with Gasteiger partial charge in [0.2, 0.25) is 5.91 Å². The molecule has 1 amide bonds. The minimum absolute atomic E-state index is 0.172. The van der Waals surface area contributed by atoms with Crippen molar-refractivity contribution in [1.82, 2.24) is 10.2 Å². The Morgan fingerprint density at radius 3 is 2.71 bits per heavy atom. The average Bonchev–Trinajstić information content (AvgIpc) is 2.46. The molecule has 5 nitrogen and oxygen atoms in total. The first-order valence-corrected chi connectivity index (χ1v) is 6.69. The van der Waals surface area contributed by atoms with Crippen molar-refractivity contribution in [3.8, 4) is 0 Å². The summed E-state index contributed by atoms with van der Waals surface area (Å²) in [5, 5.41) is 2.71. The van der Waals surface area contributed by atoms with Gasteiger partial charge in [0.25, 0.3) is 0 Å². The summed E-state index contributed by atoms with van der Waals surface area (Å²) < 4.78 is 17.9. The van der Waals surface area contributed by atoms with Gasteiger partial charge in [-0.2, -0.15) is 0 Å². The summed E-state index contributed by atoms with van der Waals surface area (Å²) in [4.78, 5) is 24.4. The Kier molecular flexibility index (Phi) is 6.81. The molecule has 0 aliphatic heterocycles. The standard InChI is InChI=1S/C15H21FN2O3/c1-11-4-5-12(8-13(11)16)9-17-14(19)10-18(2)7-6-15(20)21-3/h4-5,8H,6-7,9-10H2,1-3H3,(H,17,19). The Morgan fingerprint density at radius 1 is 1.38 bits per heavy atom. The highest BCUT2D eigenvalue weighted by atomic mass is 19.1. The summed E-state index contributed by atoms with van der Waals surface area (Å²) in [7, 11) is 3.07. The first-order chi connectivity index (χ1) is 9.92. The van der Waals surface area contributed by atoms with Crippen molar-refractivity contribution in [3.05, 3.63) is 35.1 Å². The van der Waals surface area contributed by atoms with Gasteiger partial charge >= 0.3 is 5.97 Å². The molecule has 1 N–H and O–H groups in total. The van der Waals surface area contributed by atoms with Gasteiger partial charge in [-0.25, -0.2) is 4.39 Å². The second-order valence-corrected chi connectivity index (χ2v) is 4.92. The Balaban J connectivity index is 2.33. The Hall–Kier alpha value is -1.95. The number of hydrogen-bond donors (Lipinski definition) is 1. The maximum atomic E-state index is 13.4. The number of hydrogen-bond acceptors (Lipinski definition) is 4. The smallest absolute Gasteiger partial charge is 0.306 e. The predicted octanol–water partition coefficient (Wildman–Crippen LogP) is 1.25. The highest BCUT2D eigenvalue weighted by Gasteiger charge is 2.09. The number of amides is 1. The molecule has 21 heavy (non-hydrogen) atoms. The van der Waals surface area contributed by atoms with Gasteiger partial charge in [-0.05, 0) is 31.2 Å². The molecule has 0 aliphatic rings. The summed E-state index contributed by atoms with van der Waals surface area (Å²) in [6.45, 7) is 2.58. The van der Waals surface area contributed by atoms with Gasteiger partial charge in [0.15, 0.2) is 0 Å². The lowest BCUT2D eigenvalue weighted by molar-refractivity contribution is -0.141. The third-order valence-electron chi connectivity index (χ3n) is 3.06. The van der Waals surface area contributed by atoms with Crippen LogP contribution in [0, 0.1) is 12.7 Å². The Bertz CT molecular complexity index is 506. The molecule has 0 saturated heterocycles. The number of methoxy groups -OCH3 is 1. The predicted molar refractivity (Wildman–Crippen MR) is 77.1 cm³/mol. The molecule has 0 heterocycles. The SMILES string of the molecule is COC(=O)CCN(C)CC(=O)NCc1ccc(C)c(F)c1. The van der Waals surface area contributed by atoms with Gasteiger partial charge in [-0.3, -0.25) is 14.5 Å². The van der Waals surface area contributed by atoms with E-state index >= 15 is 0 Å². The largest absolute Gasteiger partial charge is 0.469 e. The van der Waals surface area contributed by atoms with E-state index in [2.05, 4.69) is 10.1 Å². The molecule has 1 rings (SSSR count). The van der Waals surface area contributed by atoms with E-state index in [1.807, 2.05) is 0 Å². The number of aryl methyl sites for hydroxylation is 1. The number of carbonyl (C=O) groups excluding carboxylic acids is 2. The van der Waals surface area contributed by atoms with E-state index in [9.17, 15) is 14.0 Å². The number of rotatable bonds is 7. The van der Waals surface area contributed by atoms with Crippen LogP contribution in [0.3, 0.4) is 0 Å². The lowest BCUT2D eigenvalue weighted by atomic mass is 10.1. The van der Waals surface area contributed by atoms with Crippen molar-refractivity contribution in [1.29, 1.82) is 0 Å². The van der Waals surface area contributed by atoms with Gasteiger partial charge < -0.3 is 10.1 Å². The first-order valence-electron chi connectivity index (χ1n) is 6.69. The number of carbonyl (C=O) groups is 2. The third-order valence-corrected chi connectivity index (χ3v) is 3.06. The molecule has 0 spiro atoms. The second kappa shape index (κ2) is 8.36. The van der Waals surface area contributed by atoms with Crippen LogP contribution in [0.4, 0.5) is 4.39 Å². The van der Waals surface area contributed by atoms with E-state index in [-0.39, 0.29) is 37.2 Å². The number of likely N-dealkylation sites (N-methyl/N-ethyl adjacent to an activating group) is 1. The van der Waals surface area contributed by atoms with Crippen LogP contribution in [0.15, 0.2) is 18.2 Å². The maximum absolute atomic E-state index is 13.4. The highest BCUT2D eigenvalue weighted by Crippen LogP contribution is 2.08. The molecule has 1 aromatic carbocycles. The van der Waals surface area contributed by atoms with E-state index in [1.165, 1.54) is 13.2 Å². The molecule has 0 bridgehead atoms. The number of halogens is 1. The summed E-state index contributed by atoms with van der Waals surface area (Å²) in [6.07, 6.45) is 0.240. The highest BCUT2D eigenvalue weighted by molar-refractivity contribution is 5.78. The van der Waals surface area contributed by atoms with Crippen LogP contribution in [-0.2, 0) is 20.9 Å². The number of ether oxygens (including phenoxy) is 1. The number of nitrogens with one attached hydrogen (secondary N) is 1. The summed E-state index contributed by atoms with van der Waals surface area (Å²) in [6, 6.07) is 4.87. The molecule has 0 radical (unpaired) electrons. The van der Waals surface area contributed by atoms with Gasteiger partial charge in [-0.15, -0.1) is 0 Å². The van der Waals surface area contributed by atoms with Crippen LogP contribution in [0.2, 0.25) is 0 Å². The van der Waals surface area contributed by atoms with Crippen molar-refractivity contribution in [2.24, 2.45) is 0 Å². The fourth-order valence-corrected chi connectivity index (χ4v) is 1.71. The monoisotopic (exact) mass is 296 g/mol. The Morgan fingerprint density at radius 2 is 2.10 bits per heavy atom. The zero-order valence-corrected chi connectivity index (χ0v) is 12.6. The van der Waals surface area contributed by atoms with E-state index in [4.69, 9.17) is 0 Å². The van der Waals surface area contributed by atoms with E-state index in [0.717, 1.165) is 0 Å². The van der Waals surface area contributed by atoms with Gasteiger partial charge in [0.05, 0.1) is 20.1 Å². The molecule has 0 atom stereocenters. The zero-order valence-electron chi connectivity index (χ0n) is 12.6. The van der Waals surface area contributed by atoms with Crippen LogP contribution in [0.5, 0.6) is 0 Å². The van der Waals surface area contributed by atoms with Crippen molar-refractivity contribution >= 4 is 11.9 Å². The van der Waals surface area contributed by atoms with Crippen LogP contribution in [0.1, 0.15) is 17.5 Å². The molecule has 0 fully saturated rings. The normalized spacial score (nSPS) is 10.5. The molecule has 116 valence electrons. The van der Waals surface area contributed by atoms with Crippen molar-refractivity contribution in [2.45, 2.75) is 19.9 Å². The second-order valence-electron chi connectivity index (χ2n) is 4.92. The maximum Gasteiger partial charge on any atom is 0.306 e. The van der Waals surface area contributed by atoms with E-state index < -0.39 is 0 Å². The topological polar surface area (TPSA) is 58.6 Å². The molecule has 6 heteroatoms. The molecule has 0 unspecified atom stereocenters. The van der Waals surface area contributed by atoms with Gasteiger partial charge in [-0.1, -0.05) is 12.1 Å². The van der Waals surface area contributed by atoms with Crippen LogP contribution < -0.4 is 5.32 Å². The molecule has 1 aromatic rings. The first kappa shape index (κ1) is 17.1. The number of esters is 1. The van der Waals surface area contributed by atoms with Gasteiger partial charge in [0, 0.05) is 13.1 Å².